The summed E-state index contributed by atoms with van der Waals surface area (Å²) >= 11 is 3.78. The lowest BCUT2D eigenvalue weighted by molar-refractivity contribution is 0.483. The van der Waals surface area contributed by atoms with Crippen molar-refractivity contribution in [3.8, 4) is 39.6 Å². The number of para-hydroxylation sites is 3. The van der Waals surface area contributed by atoms with Gasteiger partial charge in [0.25, 0.3) is 0 Å². The van der Waals surface area contributed by atoms with E-state index in [1.165, 1.54) is 0 Å². The highest BCUT2D eigenvalue weighted by molar-refractivity contribution is 9.10. The fourth-order valence-electron chi connectivity index (χ4n) is 7.81. The molecule has 5 nitrogen and oxygen atoms in total. The summed E-state index contributed by atoms with van der Waals surface area (Å²) in [5.41, 5.74) is 5.62. The molecule has 1 aliphatic rings. The average molecular weight is 828 g/mol. The van der Waals surface area contributed by atoms with Gasteiger partial charge in [-0.15, -0.1) is 0 Å². The summed E-state index contributed by atoms with van der Waals surface area (Å²) < 4.78 is 96.7. The number of hydrogen-bond donors (Lipinski definition) is 0. The maximum Gasteiger partial charge on any atom is 0.137 e. The van der Waals surface area contributed by atoms with E-state index in [1.54, 1.807) is 18.2 Å². The third-order valence-electron chi connectivity index (χ3n) is 10.5. The van der Waals surface area contributed by atoms with Gasteiger partial charge in [-0.3, -0.25) is 4.57 Å². The molecule has 0 saturated heterocycles. The second kappa shape index (κ2) is 14.4. The number of nitrogens with zero attached hydrogens (tertiary/aromatic N) is 4. The van der Waals surface area contributed by atoms with Crippen molar-refractivity contribution < 1.29 is 18.4 Å². The molecule has 0 atom stereocenters. The Morgan fingerprint density at radius 2 is 1.29 bits per heavy atom. The summed E-state index contributed by atoms with van der Waals surface area (Å²) in [6.45, 7) is 6.64. The number of aromatic nitrogens is 2. The number of rotatable bonds is 7. The van der Waals surface area contributed by atoms with Gasteiger partial charge >= 0.3 is 0 Å². The topological polar surface area (TPSA) is 33.5 Å². The molecule has 0 bridgehead atoms. The van der Waals surface area contributed by atoms with E-state index < -0.39 is 60.4 Å². The number of halogens is 1. The Labute approximate surface area is 361 Å². The van der Waals surface area contributed by atoms with Crippen LogP contribution in [0, 0.1) is 0 Å². The van der Waals surface area contributed by atoms with Gasteiger partial charge in [0.2, 0.25) is 0 Å². The summed E-state index contributed by atoms with van der Waals surface area (Å²) in [5, 5.41) is 2.14. The van der Waals surface area contributed by atoms with Crippen LogP contribution in [0.4, 0.5) is 22.7 Å². The van der Waals surface area contributed by atoms with Crippen molar-refractivity contribution in [3.05, 3.63) is 192 Å². The monoisotopic (exact) mass is 826 g/mol. The van der Waals surface area contributed by atoms with Gasteiger partial charge in [-0.2, -0.15) is 0 Å². The molecule has 3 heterocycles. The van der Waals surface area contributed by atoms with E-state index in [9.17, 15) is 0 Å². The molecule has 6 heteroatoms. The first-order chi connectivity index (χ1) is 32.5. The molecule has 0 N–H and O–H groups in total. The molecule has 0 fully saturated rings. The van der Waals surface area contributed by atoms with E-state index in [2.05, 4.69) is 65.5 Å². The van der Waals surface area contributed by atoms with Crippen molar-refractivity contribution in [3.63, 3.8) is 0 Å². The minimum absolute atomic E-state index is 0.0843. The standard InChI is InChI=1S/C52H41BrN4O/c1-52(2,3)37-29-30-54-49(31-37)57-46-25-11-10-21-43(46)44-28-27-40(33-48(44)57)58-39-20-12-19-38(32-39)55-34-56(51-45(53)24-14-26-47(51)55)50-41(35-15-6-4-7-16-35)22-13-23-42(50)36-17-8-5-9-18-36/h4-33H,34H2,1-3H3/i4D,5D,6D,7D,8D,9D,15D,16D,17D,18D. The maximum atomic E-state index is 9.04. The smallest absolute Gasteiger partial charge is 0.137 e. The number of fused-ring (bicyclic) bond motifs is 4. The van der Waals surface area contributed by atoms with Gasteiger partial charge in [0.1, 0.15) is 24.0 Å². The Morgan fingerprint density at radius 3 is 2.03 bits per heavy atom. The van der Waals surface area contributed by atoms with E-state index in [-0.39, 0.29) is 40.0 Å². The fraction of sp³-hybridized carbons (Fsp3) is 0.0962. The van der Waals surface area contributed by atoms with Gasteiger partial charge < -0.3 is 14.5 Å². The summed E-state index contributed by atoms with van der Waals surface area (Å²) in [6, 6.07) is 31.6. The minimum Gasteiger partial charge on any atom is -0.457 e. The molecular formula is C52H41BrN4O. The highest BCUT2D eigenvalue weighted by Gasteiger charge is 2.33. The van der Waals surface area contributed by atoms with E-state index in [1.807, 2.05) is 88.8 Å². The van der Waals surface area contributed by atoms with Gasteiger partial charge in [0, 0.05) is 50.4 Å². The third-order valence-corrected chi connectivity index (χ3v) is 11.1. The van der Waals surface area contributed by atoms with Crippen LogP contribution in [0.25, 0.3) is 49.9 Å². The van der Waals surface area contributed by atoms with Crippen LogP contribution in [0.1, 0.15) is 40.0 Å². The predicted octanol–water partition coefficient (Wildman–Crippen LogP) is 14.6. The van der Waals surface area contributed by atoms with Crippen LogP contribution in [0.5, 0.6) is 11.5 Å². The van der Waals surface area contributed by atoms with E-state index in [0.717, 1.165) is 44.6 Å². The number of anilines is 4. The first-order valence-corrected chi connectivity index (χ1v) is 19.6. The molecule has 10 rings (SSSR count). The number of benzene rings is 7. The second-order valence-corrected chi connectivity index (χ2v) is 15.9. The molecule has 0 amide bonds. The van der Waals surface area contributed by atoms with Gasteiger partial charge in [0.15, 0.2) is 0 Å². The van der Waals surface area contributed by atoms with E-state index in [4.69, 9.17) is 23.4 Å². The van der Waals surface area contributed by atoms with E-state index in [0.29, 0.717) is 21.7 Å². The van der Waals surface area contributed by atoms with Crippen LogP contribution in [-0.2, 0) is 5.41 Å². The molecule has 2 aromatic heterocycles. The van der Waals surface area contributed by atoms with Crippen LogP contribution in [0.3, 0.4) is 0 Å². The summed E-state index contributed by atoms with van der Waals surface area (Å²) in [5.74, 6) is 1.95. The van der Waals surface area contributed by atoms with Gasteiger partial charge in [-0.1, -0.05) is 130 Å². The Morgan fingerprint density at radius 1 is 0.621 bits per heavy atom. The van der Waals surface area contributed by atoms with Gasteiger partial charge in [0.05, 0.1) is 41.8 Å². The van der Waals surface area contributed by atoms with Crippen molar-refractivity contribution >= 4 is 60.5 Å². The summed E-state index contributed by atoms with van der Waals surface area (Å²) in [6.07, 6.45) is 1.85. The van der Waals surface area contributed by atoms with Crippen LogP contribution >= 0.6 is 15.9 Å². The molecule has 282 valence electrons. The van der Waals surface area contributed by atoms with Crippen molar-refractivity contribution in [2.75, 3.05) is 16.5 Å². The van der Waals surface area contributed by atoms with Crippen LogP contribution in [-0.4, -0.2) is 16.2 Å². The highest BCUT2D eigenvalue weighted by Crippen LogP contribution is 2.52. The maximum absolute atomic E-state index is 9.04. The molecule has 0 unspecified atom stereocenters. The Bertz CT molecular complexity index is 3430. The van der Waals surface area contributed by atoms with Crippen LogP contribution < -0.4 is 14.5 Å². The highest BCUT2D eigenvalue weighted by atomic mass is 79.9. The lowest BCUT2D eigenvalue weighted by atomic mass is 9.88. The normalized spacial score (nSPS) is 15.1. The minimum atomic E-state index is -0.556. The first kappa shape index (κ1) is 26.3. The zero-order valence-electron chi connectivity index (χ0n) is 41.8. The summed E-state index contributed by atoms with van der Waals surface area (Å²) in [7, 11) is 0. The zero-order chi connectivity index (χ0) is 48.1. The second-order valence-electron chi connectivity index (χ2n) is 15.1. The fourth-order valence-corrected chi connectivity index (χ4v) is 8.38. The molecule has 7 aromatic carbocycles. The van der Waals surface area contributed by atoms with Gasteiger partial charge in [-0.25, -0.2) is 4.98 Å². The lowest BCUT2D eigenvalue weighted by Gasteiger charge is -2.27. The molecule has 0 radical (unpaired) electrons. The molecule has 1 aliphatic heterocycles. The zero-order valence-corrected chi connectivity index (χ0v) is 33.4. The van der Waals surface area contributed by atoms with Crippen molar-refractivity contribution in [1.82, 2.24) is 9.55 Å². The van der Waals surface area contributed by atoms with Crippen LogP contribution in [0.15, 0.2) is 186 Å². The molecule has 9 aromatic rings. The lowest BCUT2D eigenvalue weighted by Crippen LogP contribution is -2.25. The molecular weight excluding hydrogens is 777 g/mol. The van der Waals surface area contributed by atoms with Crippen LogP contribution in [0.2, 0.25) is 0 Å². The number of ether oxygens (including phenoxy) is 1. The summed E-state index contributed by atoms with van der Waals surface area (Å²) in [4.78, 5) is 8.74. The van der Waals surface area contributed by atoms with Gasteiger partial charge in [-0.05, 0) is 92.6 Å². The number of pyridine rings is 1. The van der Waals surface area contributed by atoms with E-state index >= 15 is 0 Å². The molecule has 0 spiro atoms. The SMILES string of the molecule is [2H]c1c([2H])c([2H])c(-c2cccc(-c3c([2H])c([2H])c([2H])c([2H])c3[2H])c2N2CN(c3cccc(Oc4ccc5c6ccccc6n(-c6cc(C(C)(C)C)ccn6)c5c4)c3)c3cccc(Br)c32)c([2H])c1[2H]. The molecule has 58 heavy (non-hydrogen) atoms. The average Bonchev–Trinajstić information content (AvgIpc) is 3.88. The molecule has 0 aliphatic carbocycles. The Hall–Kier alpha value is -6.63. The predicted molar refractivity (Wildman–Crippen MR) is 244 cm³/mol. The first-order valence-electron chi connectivity index (χ1n) is 23.9. The third kappa shape index (κ3) is 6.30. The largest absolute Gasteiger partial charge is 0.457 e. The quantitative estimate of drug-likeness (QED) is 0.160. The number of hydrogen-bond acceptors (Lipinski definition) is 4. The molecule has 0 saturated carbocycles. The van der Waals surface area contributed by atoms with Crippen molar-refractivity contribution in [2.24, 2.45) is 0 Å². The Kier molecular flexibility index (Phi) is 6.53. The van der Waals surface area contributed by atoms with Crippen molar-refractivity contribution in [2.45, 2.75) is 26.2 Å². The Balaban J connectivity index is 1.11. The van der Waals surface area contributed by atoms with Crippen molar-refractivity contribution in [1.29, 1.82) is 0 Å².